The lowest BCUT2D eigenvalue weighted by Crippen LogP contribution is -2.38. The summed E-state index contributed by atoms with van der Waals surface area (Å²) in [6.45, 7) is 0. The highest BCUT2D eigenvalue weighted by molar-refractivity contribution is 7.15. The van der Waals surface area contributed by atoms with Gasteiger partial charge in [-0.15, -0.1) is 0 Å². The number of imidazole rings is 1. The molecule has 0 saturated heterocycles. The SMILES string of the molecule is Cn1c(=O)c2c(nc3sc(=Cc4ccc([N+](=O)[O-])o4)c(=O)n32)n(C)c1=O. The molecule has 11 nitrogen and oxygen atoms in total. The van der Waals surface area contributed by atoms with Crippen LogP contribution < -0.4 is 21.3 Å². The molecule has 0 radical (unpaired) electrons. The van der Waals surface area contributed by atoms with Gasteiger partial charge in [0.2, 0.25) is 0 Å². The Morgan fingerprint density at radius 1 is 1.19 bits per heavy atom. The predicted molar refractivity (Wildman–Crippen MR) is 91.5 cm³/mol. The second kappa shape index (κ2) is 5.23. The third kappa shape index (κ3) is 2.05. The first-order valence-electron chi connectivity index (χ1n) is 7.16. The number of aryl methyl sites for hydroxylation is 1. The van der Waals surface area contributed by atoms with Crippen LogP contribution in [0.3, 0.4) is 0 Å². The van der Waals surface area contributed by atoms with Gasteiger partial charge in [0.1, 0.15) is 15.2 Å². The summed E-state index contributed by atoms with van der Waals surface area (Å²) in [5.74, 6) is -0.317. The average molecular weight is 375 g/mol. The molecule has 0 N–H and O–H groups in total. The highest BCUT2D eigenvalue weighted by Gasteiger charge is 2.19. The zero-order valence-electron chi connectivity index (χ0n) is 13.3. The number of nitro groups is 1. The molecule has 4 aromatic heterocycles. The fraction of sp³-hybridized carbons (Fsp3) is 0.143. The van der Waals surface area contributed by atoms with Crippen molar-refractivity contribution in [3.05, 3.63) is 63.7 Å². The van der Waals surface area contributed by atoms with Crippen molar-refractivity contribution in [2.24, 2.45) is 14.1 Å². The Hall–Kier alpha value is -3.54. The molecular weight excluding hydrogens is 366 g/mol. The van der Waals surface area contributed by atoms with Crippen LogP contribution in [-0.4, -0.2) is 23.4 Å². The number of fused-ring (bicyclic) bond motifs is 3. The second-order valence-corrected chi connectivity index (χ2v) is 6.47. The molecule has 26 heavy (non-hydrogen) atoms. The standard InChI is InChI=1S/C14H9N5O6S/c1-16-10-9(12(21)17(2)14(16)22)18-11(20)7(26-13(18)15-10)5-6-3-4-8(25-6)19(23)24/h3-5H,1-2H3. The van der Waals surface area contributed by atoms with Crippen LogP contribution in [0.25, 0.3) is 22.2 Å². The number of nitrogens with zero attached hydrogens (tertiary/aromatic N) is 5. The number of rotatable bonds is 2. The number of hydrogen-bond donors (Lipinski definition) is 0. The minimum absolute atomic E-state index is 0.00377. The van der Waals surface area contributed by atoms with Gasteiger partial charge in [-0.3, -0.25) is 28.8 Å². The Morgan fingerprint density at radius 2 is 1.92 bits per heavy atom. The van der Waals surface area contributed by atoms with E-state index in [1.54, 1.807) is 0 Å². The van der Waals surface area contributed by atoms with Gasteiger partial charge in [-0.1, -0.05) is 11.3 Å². The Morgan fingerprint density at radius 3 is 2.58 bits per heavy atom. The third-order valence-electron chi connectivity index (χ3n) is 3.91. The predicted octanol–water partition coefficient (Wildman–Crippen LogP) is -0.645. The average Bonchev–Trinajstić information content (AvgIpc) is 3.28. The normalized spacial score (nSPS) is 12.5. The molecule has 0 aliphatic heterocycles. The first-order chi connectivity index (χ1) is 12.3. The van der Waals surface area contributed by atoms with Gasteiger partial charge >= 0.3 is 11.6 Å². The third-order valence-corrected chi connectivity index (χ3v) is 4.88. The molecule has 0 atom stereocenters. The van der Waals surface area contributed by atoms with Crippen LogP contribution in [0.15, 0.2) is 30.9 Å². The lowest BCUT2D eigenvalue weighted by atomic mass is 10.4. The van der Waals surface area contributed by atoms with Gasteiger partial charge in [-0.2, -0.15) is 4.98 Å². The van der Waals surface area contributed by atoms with Crippen LogP contribution >= 0.6 is 11.3 Å². The van der Waals surface area contributed by atoms with Crippen molar-refractivity contribution >= 4 is 39.4 Å². The molecule has 0 spiro atoms. The van der Waals surface area contributed by atoms with Gasteiger partial charge in [-0.05, 0) is 6.07 Å². The van der Waals surface area contributed by atoms with Crippen molar-refractivity contribution in [1.82, 2.24) is 18.5 Å². The number of thiazole rings is 1. The molecule has 12 heteroatoms. The lowest BCUT2D eigenvalue weighted by molar-refractivity contribution is -0.402. The van der Waals surface area contributed by atoms with E-state index in [-0.39, 0.29) is 26.4 Å². The minimum atomic E-state index is -0.686. The second-order valence-electron chi connectivity index (χ2n) is 5.46. The highest BCUT2D eigenvalue weighted by atomic mass is 32.1. The maximum Gasteiger partial charge on any atom is 0.433 e. The number of furan rings is 1. The quantitative estimate of drug-likeness (QED) is 0.336. The van der Waals surface area contributed by atoms with Crippen molar-refractivity contribution in [2.75, 3.05) is 0 Å². The van der Waals surface area contributed by atoms with Crippen molar-refractivity contribution in [1.29, 1.82) is 0 Å². The summed E-state index contributed by atoms with van der Waals surface area (Å²) in [7, 11) is 2.77. The van der Waals surface area contributed by atoms with E-state index in [9.17, 15) is 24.5 Å². The van der Waals surface area contributed by atoms with Crippen molar-refractivity contribution < 1.29 is 9.34 Å². The molecule has 4 rings (SSSR count). The topological polar surface area (TPSA) is 135 Å². The number of aromatic nitrogens is 4. The van der Waals surface area contributed by atoms with Crippen molar-refractivity contribution in [3.8, 4) is 0 Å². The van der Waals surface area contributed by atoms with E-state index >= 15 is 0 Å². The van der Waals surface area contributed by atoms with Gasteiger partial charge in [0.25, 0.3) is 11.1 Å². The van der Waals surface area contributed by atoms with E-state index in [1.807, 2.05) is 0 Å². The van der Waals surface area contributed by atoms with Gasteiger partial charge in [-0.25, -0.2) is 9.20 Å². The van der Waals surface area contributed by atoms with Crippen LogP contribution in [-0.2, 0) is 14.1 Å². The summed E-state index contributed by atoms with van der Waals surface area (Å²) in [6, 6.07) is 2.54. The zero-order chi connectivity index (χ0) is 18.7. The Balaban J connectivity index is 2.06. The van der Waals surface area contributed by atoms with E-state index in [1.165, 1.54) is 36.9 Å². The molecular formula is C14H9N5O6S. The first kappa shape index (κ1) is 16.0. The van der Waals surface area contributed by atoms with E-state index in [2.05, 4.69) is 4.98 Å². The molecule has 0 fully saturated rings. The Kier molecular flexibility index (Phi) is 3.21. The van der Waals surface area contributed by atoms with E-state index in [0.29, 0.717) is 0 Å². The van der Waals surface area contributed by atoms with Gasteiger partial charge in [0.15, 0.2) is 16.1 Å². The molecule has 132 valence electrons. The largest absolute Gasteiger partial charge is 0.433 e. The van der Waals surface area contributed by atoms with Crippen molar-refractivity contribution in [3.63, 3.8) is 0 Å². The van der Waals surface area contributed by atoms with Gasteiger partial charge < -0.3 is 4.42 Å². The molecule has 0 bridgehead atoms. The summed E-state index contributed by atoms with van der Waals surface area (Å²) >= 11 is 0.982. The monoisotopic (exact) mass is 375 g/mol. The van der Waals surface area contributed by atoms with Crippen LogP contribution in [0.2, 0.25) is 0 Å². The molecule has 0 unspecified atom stereocenters. The summed E-state index contributed by atoms with van der Waals surface area (Å²) in [4.78, 5) is 51.5. The van der Waals surface area contributed by atoms with Crippen LogP contribution in [0.5, 0.6) is 0 Å². The minimum Gasteiger partial charge on any atom is -0.401 e. The summed E-state index contributed by atoms with van der Waals surface area (Å²) in [5, 5.41) is 10.7. The summed E-state index contributed by atoms with van der Waals surface area (Å²) in [5.41, 5.74) is -1.60. The Labute approximate surface area is 145 Å². The Bertz CT molecular complexity index is 1450. The van der Waals surface area contributed by atoms with Gasteiger partial charge in [0, 0.05) is 20.2 Å². The molecule has 4 heterocycles. The van der Waals surface area contributed by atoms with Crippen molar-refractivity contribution in [2.45, 2.75) is 0 Å². The highest BCUT2D eigenvalue weighted by Crippen LogP contribution is 2.16. The molecule has 0 amide bonds. The van der Waals surface area contributed by atoms with Crippen LogP contribution in [0.1, 0.15) is 5.76 Å². The maximum atomic E-state index is 12.7. The fourth-order valence-corrected chi connectivity index (χ4v) is 3.57. The van der Waals surface area contributed by atoms with E-state index in [4.69, 9.17) is 4.42 Å². The maximum absolute atomic E-state index is 12.7. The molecule has 0 saturated carbocycles. The molecule has 0 aromatic carbocycles. The summed E-state index contributed by atoms with van der Waals surface area (Å²) < 4.78 is 8.42. The molecule has 4 aromatic rings. The van der Waals surface area contributed by atoms with Gasteiger partial charge in [0.05, 0.1) is 6.07 Å². The molecule has 0 aliphatic carbocycles. The fourth-order valence-electron chi connectivity index (χ4n) is 2.62. The summed E-state index contributed by atoms with van der Waals surface area (Å²) in [6.07, 6.45) is 1.34. The van der Waals surface area contributed by atoms with E-state index < -0.39 is 27.6 Å². The van der Waals surface area contributed by atoms with Crippen LogP contribution in [0.4, 0.5) is 5.88 Å². The smallest absolute Gasteiger partial charge is 0.401 e. The molecule has 0 aliphatic rings. The van der Waals surface area contributed by atoms with E-state index in [0.717, 1.165) is 20.3 Å². The zero-order valence-corrected chi connectivity index (χ0v) is 14.1. The number of hydrogen-bond acceptors (Lipinski definition) is 8. The van der Waals surface area contributed by atoms with Crippen LogP contribution in [0, 0.1) is 10.1 Å². The lowest BCUT2D eigenvalue weighted by Gasteiger charge is -2.01. The first-order valence-corrected chi connectivity index (χ1v) is 7.98.